The van der Waals surface area contributed by atoms with Crippen molar-refractivity contribution in [2.24, 2.45) is 7.05 Å². The molecule has 0 radical (unpaired) electrons. The van der Waals surface area contributed by atoms with Gasteiger partial charge in [-0.1, -0.05) is 0 Å². The molecule has 3 aromatic heterocycles. The fraction of sp³-hybridized carbons (Fsp3) is 0.368. The summed E-state index contributed by atoms with van der Waals surface area (Å²) in [4.78, 5) is 38.1. The van der Waals surface area contributed by atoms with Crippen LogP contribution < -0.4 is 0 Å². The van der Waals surface area contributed by atoms with Gasteiger partial charge in [-0.15, -0.1) is 0 Å². The molecule has 29 heavy (non-hydrogen) atoms. The number of carbonyl (C=O) groups excluding carboxylic acids is 2. The third-order valence-corrected chi connectivity index (χ3v) is 4.92. The van der Waals surface area contributed by atoms with Gasteiger partial charge in [-0.05, 0) is 31.5 Å². The van der Waals surface area contributed by atoms with Gasteiger partial charge >= 0.3 is 0 Å². The summed E-state index contributed by atoms with van der Waals surface area (Å²) in [7, 11) is 1.77. The fourth-order valence-corrected chi connectivity index (χ4v) is 3.50. The predicted octanol–water partition coefficient (Wildman–Crippen LogP) is 0.971. The van der Waals surface area contributed by atoms with Crippen molar-refractivity contribution >= 4 is 11.8 Å². The smallest absolute Gasteiger partial charge is 0.274 e. The number of rotatable bonds is 3. The van der Waals surface area contributed by atoms with E-state index in [1.54, 1.807) is 65.2 Å². The van der Waals surface area contributed by atoms with Crippen molar-refractivity contribution < 1.29 is 9.59 Å². The second-order valence-electron chi connectivity index (χ2n) is 7.01. The minimum atomic E-state index is -0.462. The summed E-state index contributed by atoms with van der Waals surface area (Å²) in [6.07, 6.45) is 5.57. The van der Waals surface area contributed by atoms with Gasteiger partial charge in [-0.25, -0.2) is 4.98 Å². The summed E-state index contributed by atoms with van der Waals surface area (Å²) in [6.45, 7) is 3.11. The van der Waals surface area contributed by atoms with Crippen LogP contribution in [0.2, 0.25) is 0 Å². The van der Waals surface area contributed by atoms with Crippen LogP contribution in [0.5, 0.6) is 0 Å². The average molecular weight is 394 g/mol. The second-order valence-corrected chi connectivity index (χ2v) is 7.01. The highest BCUT2D eigenvalue weighted by atomic mass is 16.2. The van der Waals surface area contributed by atoms with Crippen LogP contribution in [0.3, 0.4) is 0 Å². The number of H-pyrrole nitrogens is 1. The molecule has 0 saturated carbocycles. The van der Waals surface area contributed by atoms with E-state index >= 15 is 0 Å². The van der Waals surface area contributed by atoms with Crippen molar-refractivity contribution in [2.45, 2.75) is 19.4 Å². The normalized spacial score (nSPS) is 17.2. The van der Waals surface area contributed by atoms with Crippen LogP contribution in [-0.4, -0.2) is 71.2 Å². The first-order chi connectivity index (χ1) is 14.0. The van der Waals surface area contributed by atoms with E-state index in [0.29, 0.717) is 49.0 Å². The van der Waals surface area contributed by atoms with Crippen LogP contribution in [0.25, 0.3) is 0 Å². The Kier molecular flexibility index (Phi) is 5.07. The second kappa shape index (κ2) is 7.82. The Morgan fingerprint density at radius 1 is 1.14 bits per heavy atom. The van der Waals surface area contributed by atoms with Gasteiger partial charge in [-0.3, -0.25) is 24.4 Å². The number of carbonyl (C=O) groups is 2. The highest BCUT2D eigenvalue weighted by Crippen LogP contribution is 2.25. The van der Waals surface area contributed by atoms with Crippen LogP contribution in [-0.2, 0) is 7.05 Å². The molecule has 10 nitrogen and oxygen atoms in total. The Hall–Kier alpha value is -3.56. The molecule has 1 N–H and O–H groups in total. The molecule has 0 aromatic carbocycles. The predicted molar refractivity (Wildman–Crippen MR) is 103 cm³/mol. The summed E-state index contributed by atoms with van der Waals surface area (Å²) in [6, 6.07) is 4.60. The Morgan fingerprint density at radius 2 is 1.93 bits per heavy atom. The molecular weight excluding hydrogens is 372 g/mol. The number of nitrogens with zero attached hydrogens (tertiary/aromatic N) is 7. The lowest BCUT2D eigenvalue weighted by Crippen LogP contribution is -2.41. The Morgan fingerprint density at radius 3 is 2.59 bits per heavy atom. The third kappa shape index (κ3) is 3.86. The first-order valence-electron chi connectivity index (χ1n) is 9.42. The summed E-state index contributed by atoms with van der Waals surface area (Å²) >= 11 is 0. The molecule has 1 unspecified atom stereocenters. The van der Waals surface area contributed by atoms with Crippen molar-refractivity contribution in [1.82, 2.24) is 39.7 Å². The van der Waals surface area contributed by atoms with E-state index in [2.05, 4.69) is 25.3 Å². The van der Waals surface area contributed by atoms with Gasteiger partial charge in [0.25, 0.3) is 11.8 Å². The van der Waals surface area contributed by atoms with Crippen molar-refractivity contribution in [2.75, 3.05) is 19.6 Å². The van der Waals surface area contributed by atoms with E-state index < -0.39 is 6.04 Å². The maximum absolute atomic E-state index is 13.2. The van der Waals surface area contributed by atoms with E-state index in [4.69, 9.17) is 0 Å². The van der Waals surface area contributed by atoms with Crippen molar-refractivity contribution in [3.63, 3.8) is 0 Å². The molecule has 1 aliphatic heterocycles. The number of amides is 2. The van der Waals surface area contributed by atoms with Crippen molar-refractivity contribution in [1.29, 1.82) is 0 Å². The number of hydrogen-bond acceptors (Lipinski definition) is 6. The van der Waals surface area contributed by atoms with E-state index in [1.165, 1.54) is 0 Å². The van der Waals surface area contributed by atoms with Gasteiger partial charge in [0.05, 0.1) is 0 Å². The molecule has 4 heterocycles. The molecule has 1 atom stereocenters. The van der Waals surface area contributed by atoms with Crippen molar-refractivity contribution in [3.8, 4) is 0 Å². The summed E-state index contributed by atoms with van der Waals surface area (Å²) in [5.41, 5.74) is 0.924. The van der Waals surface area contributed by atoms with E-state index in [9.17, 15) is 9.59 Å². The highest BCUT2D eigenvalue weighted by Gasteiger charge is 2.35. The standard InChI is InChI=1S/C19H22N8O2/c1-13-21-17(23-22-13)16-12-26(19(29)15-6-11-25(2)24-15)9-3-10-27(16)18(28)14-4-7-20-8-5-14/h4-8,11,16H,3,9-10,12H2,1-2H3,(H,21,22,23). The molecule has 1 fully saturated rings. The van der Waals surface area contributed by atoms with Gasteiger partial charge in [-0.2, -0.15) is 10.2 Å². The minimum absolute atomic E-state index is 0.132. The minimum Gasteiger partial charge on any atom is -0.335 e. The summed E-state index contributed by atoms with van der Waals surface area (Å²) in [5.74, 6) is 0.849. The van der Waals surface area contributed by atoms with Crippen LogP contribution in [0.1, 0.15) is 45.0 Å². The molecule has 150 valence electrons. The lowest BCUT2D eigenvalue weighted by atomic mass is 10.1. The average Bonchev–Trinajstić information content (AvgIpc) is 3.29. The fourth-order valence-electron chi connectivity index (χ4n) is 3.50. The highest BCUT2D eigenvalue weighted by molar-refractivity contribution is 5.95. The van der Waals surface area contributed by atoms with Crippen LogP contribution in [0.4, 0.5) is 0 Å². The molecule has 0 spiro atoms. The Bertz CT molecular complexity index is 1010. The van der Waals surface area contributed by atoms with E-state index in [-0.39, 0.29) is 11.8 Å². The van der Waals surface area contributed by atoms with Crippen LogP contribution >= 0.6 is 0 Å². The van der Waals surface area contributed by atoms with Crippen molar-refractivity contribution in [3.05, 3.63) is 59.7 Å². The number of hydrogen-bond donors (Lipinski definition) is 1. The molecule has 1 aliphatic rings. The molecule has 3 aromatic rings. The molecule has 10 heteroatoms. The van der Waals surface area contributed by atoms with E-state index in [0.717, 1.165) is 0 Å². The zero-order valence-electron chi connectivity index (χ0n) is 16.3. The lowest BCUT2D eigenvalue weighted by molar-refractivity contribution is 0.0620. The quantitative estimate of drug-likeness (QED) is 0.708. The molecule has 4 rings (SSSR count). The number of aromatic nitrogens is 6. The monoisotopic (exact) mass is 394 g/mol. The van der Waals surface area contributed by atoms with Gasteiger partial charge < -0.3 is 9.80 Å². The number of aromatic amines is 1. The third-order valence-electron chi connectivity index (χ3n) is 4.92. The maximum Gasteiger partial charge on any atom is 0.274 e. The van der Waals surface area contributed by atoms with Crippen LogP contribution in [0.15, 0.2) is 36.8 Å². The molecule has 0 aliphatic carbocycles. The first kappa shape index (κ1) is 18.8. The zero-order valence-corrected chi connectivity index (χ0v) is 16.3. The molecular formula is C19H22N8O2. The van der Waals surface area contributed by atoms with Gasteiger partial charge in [0, 0.05) is 50.8 Å². The first-order valence-corrected chi connectivity index (χ1v) is 9.42. The number of nitrogens with one attached hydrogen (secondary N) is 1. The largest absolute Gasteiger partial charge is 0.335 e. The summed E-state index contributed by atoms with van der Waals surface area (Å²) < 4.78 is 1.60. The SMILES string of the molecule is Cc1nc(C2CN(C(=O)c3ccn(C)n3)CCCN2C(=O)c2ccncc2)n[nH]1. The molecule has 2 amide bonds. The maximum atomic E-state index is 13.2. The van der Waals surface area contributed by atoms with E-state index in [1.807, 2.05) is 0 Å². The topological polar surface area (TPSA) is 113 Å². The summed E-state index contributed by atoms with van der Waals surface area (Å²) in [5, 5.41) is 11.3. The van der Waals surface area contributed by atoms with Gasteiger partial charge in [0.2, 0.25) is 0 Å². The Balaban J connectivity index is 1.65. The van der Waals surface area contributed by atoms with Crippen LogP contribution in [0, 0.1) is 6.92 Å². The molecule has 1 saturated heterocycles. The van der Waals surface area contributed by atoms with Gasteiger partial charge in [0.15, 0.2) is 5.82 Å². The van der Waals surface area contributed by atoms with Gasteiger partial charge in [0.1, 0.15) is 17.6 Å². The lowest BCUT2D eigenvalue weighted by Gasteiger charge is -2.29. The number of aryl methyl sites for hydroxylation is 2. The number of pyridine rings is 1. The Labute approximate surface area is 167 Å². The molecule has 0 bridgehead atoms. The zero-order chi connectivity index (χ0) is 20.4.